The summed E-state index contributed by atoms with van der Waals surface area (Å²) in [6.07, 6.45) is -0.739. The smallest absolute Gasteiger partial charge is 0.408 e. The minimum atomic E-state index is -0.900. The third-order valence-corrected chi connectivity index (χ3v) is 3.53. The second kappa shape index (κ2) is 12.8. The number of anilines is 1. The molecular formula is C21H34FN3O5. The van der Waals surface area contributed by atoms with Crippen LogP contribution in [0.3, 0.4) is 0 Å². The molecule has 0 spiro atoms. The number of aliphatic hydroxyl groups is 1. The lowest BCUT2D eigenvalue weighted by molar-refractivity contribution is -0.126. The molecule has 9 heteroatoms. The summed E-state index contributed by atoms with van der Waals surface area (Å²) in [5.41, 5.74) is -0.405. The Morgan fingerprint density at radius 3 is 2.23 bits per heavy atom. The highest BCUT2D eigenvalue weighted by Crippen LogP contribution is 2.15. The van der Waals surface area contributed by atoms with Crippen molar-refractivity contribution in [2.24, 2.45) is 5.92 Å². The number of aliphatic hydroxyl groups excluding tert-OH is 1. The molecule has 0 radical (unpaired) electrons. The quantitative estimate of drug-likeness (QED) is 0.534. The minimum Gasteiger partial charge on any atom is -0.444 e. The van der Waals surface area contributed by atoms with Gasteiger partial charge in [0.15, 0.2) is 0 Å². The second-order valence-corrected chi connectivity index (χ2v) is 7.61. The van der Waals surface area contributed by atoms with Crippen molar-refractivity contribution in [1.82, 2.24) is 10.6 Å². The molecule has 0 saturated carbocycles. The van der Waals surface area contributed by atoms with E-state index in [0.717, 1.165) is 6.07 Å². The summed E-state index contributed by atoms with van der Waals surface area (Å²) in [6.45, 7) is 11.9. The van der Waals surface area contributed by atoms with Crippen molar-refractivity contribution in [3.63, 3.8) is 0 Å². The lowest BCUT2D eigenvalue weighted by atomic mass is 10.0. The van der Waals surface area contributed by atoms with Gasteiger partial charge in [0.25, 0.3) is 0 Å². The fourth-order valence-electron chi connectivity index (χ4n) is 2.20. The van der Waals surface area contributed by atoms with E-state index in [2.05, 4.69) is 16.0 Å². The van der Waals surface area contributed by atoms with Gasteiger partial charge in [-0.05, 0) is 44.4 Å². The van der Waals surface area contributed by atoms with Crippen LogP contribution in [-0.4, -0.2) is 41.2 Å². The van der Waals surface area contributed by atoms with E-state index < -0.39 is 41.9 Å². The molecule has 0 aliphatic carbocycles. The van der Waals surface area contributed by atoms with E-state index in [1.165, 1.54) is 12.1 Å². The molecule has 1 atom stereocenters. The Bertz CT molecular complexity index is 717. The summed E-state index contributed by atoms with van der Waals surface area (Å²) in [6, 6.07) is 3.00. The predicted molar refractivity (Wildman–Crippen MR) is 113 cm³/mol. The maximum Gasteiger partial charge on any atom is 0.408 e. The van der Waals surface area contributed by atoms with Crippen molar-refractivity contribution in [3.8, 4) is 0 Å². The van der Waals surface area contributed by atoms with E-state index in [0.29, 0.717) is 5.56 Å². The highest BCUT2D eigenvalue weighted by atomic mass is 19.1. The Balaban J connectivity index is 0.00000407. The Morgan fingerprint density at radius 1 is 1.17 bits per heavy atom. The number of nitrogens with one attached hydrogen (secondary N) is 3. The highest BCUT2D eigenvalue weighted by Gasteiger charge is 2.27. The number of hydrogen-bond acceptors (Lipinski definition) is 5. The lowest BCUT2D eigenvalue weighted by Crippen LogP contribution is -2.52. The number of alkyl carbamates (subject to hydrolysis) is 1. The van der Waals surface area contributed by atoms with Crippen LogP contribution in [0.1, 0.15) is 54.0 Å². The highest BCUT2D eigenvalue weighted by molar-refractivity contribution is 5.95. The normalized spacial score (nSPS) is 11.7. The van der Waals surface area contributed by atoms with Crippen molar-refractivity contribution >= 4 is 23.6 Å². The summed E-state index contributed by atoms with van der Waals surface area (Å²) in [4.78, 5) is 36.2. The average molecular weight is 428 g/mol. The van der Waals surface area contributed by atoms with Gasteiger partial charge in [0.2, 0.25) is 11.8 Å². The SMILES string of the molecule is CC.CC(C)C(NC(=O)OC(C)(C)C)C(=O)NCC(=O)Nc1ccc(CO)cc1F. The Kier molecular flexibility index (Phi) is 11.6. The summed E-state index contributed by atoms with van der Waals surface area (Å²) in [5, 5.41) is 16.2. The summed E-state index contributed by atoms with van der Waals surface area (Å²) < 4.78 is 19.0. The van der Waals surface area contributed by atoms with E-state index in [1.54, 1.807) is 34.6 Å². The minimum absolute atomic E-state index is 0.0660. The molecule has 170 valence electrons. The van der Waals surface area contributed by atoms with Gasteiger partial charge in [-0.15, -0.1) is 0 Å². The van der Waals surface area contributed by atoms with Crippen LogP contribution in [0.2, 0.25) is 0 Å². The van der Waals surface area contributed by atoms with Crippen LogP contribution in [0.5, 0.6) is 0 Å². The van der Waals surface area contributed by atoms with E-state index >= 15 is 0 Å². The van der Waals surface area contributed by atoms with Crippen LogP contribution >= 0.6 is 0 Å². The molecule has 8 nitrogen and oxygen atoms in total. The zero-order valence-electron chi connectivity index (χ0n) is 18.8. The van der Waals surface area contributed by atoms with Gasteiger partial charge in [-0.2, -0.15) is 0 Å². The molecule has 3 amide bonds. The molecule has 0 aliphatic heterocycles. The largest absolute Gasteiger partial charge is 0.444 e. The first-order valence-electron chi connectivity index (χ1n) is 9.89. The standard InChI is InChI=1S/C19H28FN3O5.C2H6/c1-11(2)16(23-18(27)28-19(3,4)5)17(26)21-9-15(25)22-14-7-6-12(10-24)8-13(14)20;1-2/h6-8,11,16,24H,9-10H2,1-5H3,(H,21,26)(H,22,25)(H,23,27);1-2H3. The van der Waals surface area contributed by atoms with E-state index in [9.17, 15) is 18.8 Å². The predicted octanol–water partition coefficient (Wildman–Crippen LogP) is 2.95. The van der Waals surface area contributed by atoms with Crippen LogP contribution in [0.15, 0.2) is 18.2 Å². The van der Waals surface area contributed by atoms with Gasteiger partial charge in [0.1, 0.15) is 17.5 Å². The average Bonchev–Trinajstić information content (AvgIpc) is 2.65. The van der Waals surface area contributed by atoms with Crippen LogP contribution in [0.4, 0.5) is 14.9 Å². The van der Waals surface area contributed by atoms with Crippen LogP contribution in [0.25, 0.3) is 0 Å². The molecule has 0 saturated heterocycles. The first kappa shape index (κ1) is 27.3. The first-order chi connectivity index (χ1) is 13.9. The number of carbonyl (C=O) groups is 3. The molecule has 0 fully saturated rings. The monoisotopic (exact) mass is 427 g/mol. The number of halogens is 1. The van der Waals surface area contributed by atoms with E-state index in [1.807, 2.05) is 13.8 Å². The van der Waals surface area contributed by atoms with E-state index in [-0.39, 0.29) is 18.2 Å². The molecule has 1 rings (SSSR count). The fraction of sp³-hybridized carbons (Fsp3) is 0.571. The molecule has 0 bridgehead atoms. The van der Waals surface area contributed by atoms with Crippen molar-refractivity contribution < 1.29 is 28.6 Å². The lowest BCUT2D eigenvalue weighted by Gasteiger charge is -2.25. The van der Waals surface area contributed by atoms with Crippen molar-refractivity contribution in [2.45, 2.75) is 66.7 Å². The van der Waals surface area contributed by atoms with Gasteiger partial charge in [0.05, 0.1) is 18.8 Å². The summed E-state index contributed by atoms with van der Waals surface area (Å²) in [5.74, 6) is -2.15. The van der Waals surface area contributed by atoms with E-state index in [4.69, 9.17) is 9.84 Å². The molecular weight excluding hydrogens is 393 g/mol. The number of benzene rings is 1. The molecule has 1 aromatic rings. The molecule has 1 unspecified atom stereocenters. The van der Waals surface area contributed by atoms with Crippen LogP contribution in [0, 0.1) is 11.7 Å². The molecule has 0 aromatic heterocycles. The topological polar surface area (TPSA) is 117 Å². The number of carbonyl (C=O) groups excluding carboxylic acids is 3. The van der Waals surface area contributed by atoms with Gasteiger partial charge >= 0.3 is 6.09 Å². The number of rotatable bonds is 7. The summed E-state index contributed by atoms with van der Waals surface area (Å²) in [7, 11) is 0. The molecule has 0 heterocycles. The van der Waals surface area contributed by atoms with Gasteiger partial charge in [-0.3, -0.25) is 9.59 Å². The third kappa shape index (κ3) is 10.2. The maximum atomic E-state index is 13.8. The Hall–Kier alpha value is -2.68. The number of ether oxygens (including phenoxy) is 1. The number of amides is 3. The van der Waals surface area contributed by atoms with Crippen molar-refractivity contribution in [3.05, 3.63) is 29.6 Å². The zero-order valence-corrected chi connectivity index (χ0v) is 18.8. The Labute approximate surface area is 177 Å². The first-order valence-corrected chi connectivity index (χ1v) is 9.89. The van der Waals surface area contributed by atoms with Crippen LogP contribution < -0.4 is 16.0 Å². The summed E-state index contributed by atoms with van der Waals surface area (Å²) >= 11 is 0. The van der Waals surface area contributed by atoms with Gasteiger partial charge in [0, 0.05) is 0 Å². The van der Waals surface area contributed by atoms with Gasteiger partial charge in [-0.25, -0.2) is 9.18 Å². The van der Waals surface area contributed by atoms with Crippen LogP contribution in [-0.2, 0) is 20.9 Å². The number of hydrogen-bond donors (Lipinski definition) is 4. The fourth-order valence-corrected chi connectivity index (χ4v) is 2.20. The molecule has 30 heavy (non-hydrogen) atoms. The van der Waals surface area contributed by atoms with Gasteiger partial charge in [-0.1, -0.05) is 33.8 Å². The second-order valence-electron chi connectivity index (χ2n) is 7.61. The van der Waals surface area contributed by atoms with Gasteiger partial charge < -0.3 is 25.8 Å². The molecule has 1 aromatic carbocycles. The third-order valence-electron chi connectivity index (χ3n) is 3.53. The molecule has 4 N–H and O–H groups in total. The van der Waals surface area contributed by atoms with Crippen molar-refractivity contribution in [1.29, 1.82) is 0 Å². The Morgan fingerprint density at radius 2 is 1.77 bits per heavy atom. The van der Waals surface area contributed by atoms with Crippen molar-refractivity contribution in [2.75, 3.05) is 11.9 Å². The molecule has 0 aliphatic rings. The zero-order chi connectivity index (χ0) is 23.5. The maximum absolute atomic E-state index is 13.8.